The Morgan fingerprint density at radius 3 is 2.77 bits per heavy atom. The molecule has 2 aliphatic heterocycles. The van der Waals surface area contributed by atoms with Crippen molar-refractivity contribution in [1.29, 1.82) is 0 Å². The van der Waals surface area contributed by atoms with Crippen LogP contribution in [0.4, 0.5) is 5.82 Å². The summed E-state index contributed by atoms with van der Waals surface area (Å²) in [5.74, 6) is 1.56. The van der Waals surface area contributed by atoms with E-state index < -0.39 is 9.84 Å². The molecule has 5 rings (SSSR count). The number of pyridine rings is 2. The van der Waals surface area contributed by atoms with Gasteiger partial charge in [0, 0.05) is 24.3 Å². The lowest BCUT2D eigenvalue weighted by atomic mass is 9.90. The van der Waals surface area contributed by atoms with Crippen LogP contribution < -0.4 is 4.90 Å². The van der Waals surface area contributed by atoms with Gasteiger partial charge in [0.15, 0.2) is 0 Å². The molecule has 9 heteroatoms. The van der Waals surface area contributed by atoms with Gasteiger partial charge < -0.3 is 9.64 Å². The highest BCUT2D eigenvalue weighted by atomic mass is 32.2. The van der Waals surface area contributed by atoms with Crippen molar-refractivity contribution < 1.29 is 13.2 Å². The molecule has 30 heavy (non-hydrogen) atoms. The quantitative estimate of drug-likeness (QED) is 0.685. The minimum atomic E-state index is -2.93. The van der Waals surface area contributed by atoms with Gasteiger partial charge in [-0.2, -0.15) is 5.10 Å². The van der Waals surface area contributed by atoms with Crippen molar-refractivity contribution >= 4 is 26.6 Å². The maximum Gasteiger partial charge on any atom is 0.150 e. The molecule has 0 saturated carbocycles. The van der Waals surface area contributed by atoms with Gasteiger partial charge >= 0.3 is 0 Å². The van der Waals surface area contributed by atoms with Gasteiger partial charge in [-0.05, 0) is 49.4 Å². The number of aromatic nitrogens is 4. The van der Waals surface area contributed by atoms with Gasteiger partial charge in [-0.1, -0.05) is 0 Å². The van der Waals surface area contributed by atoms with Gasteiger partial charge in [0.2, 0.25) is 0 Å². The summed E-state index contributed by atoms with van der Waals surface area (Å²) in [7, 11) is -2.93. The molecule has 0 amide bonds. The van der Waals surface area contributed by atoms with E-state index in [1.165, 1.54) is 0 Å². The first-order valence-corrected chi connectivity index (χ1v) is 12.2. The van der Waals surface area contributed by atoms with Crippen LogP contribution in [0.1, 0.15) is 31.2 Å². The van der Waals surface area contributed by atoms with Crippen molar-refractivity contribution in [2.45, 2.75) is 31.7 Å². The molecule has 0 spiro atoms. The van der Waals surface area contributed by atoms with E-state index >= 15 is 0 Å². The van der Waals surface area contributed by atoms with E-state index in [9.17, 15) is 8.42 Å². The molecule has 2 saturated heterocycles. The Morgan fingerprint density at radius 1 is 1.20 bits per heavy atom. The molecule has 1 atom stereocenters. The molecule has 5 heterocycles. The predicted molar refractivity (Wildman–Crippen MR) is 115 cm³/mol. The third-order valence-corrected chi connectivity index (χ3v) is 7.87. The van der Waals surface area contributed by atoms with Crippen molar-refractivity contribution in [3.63, 3.8) is 0 Å². The SMILES string of the molecule is C[C@@H]1COCCN1c1cc(C2CCS(=O)(=O)CC2)c2ccnc(-c3ccn[nH]3)c2n1. The summed E-state index contributed by atoms with van der Waals surface area (Å²) in [6, 6.07) is 6.26. The normalized spacial score (nSPS) is 22.4. The Bertz CT molecular complexity index is 1150. The van der Waals surface area contributed by atoms with Crippen LogP contribution in [0.25, 0.3) is 22.3 Å². The number of ether oxygens (including phenoxy) is 1. The van der Waals surface area contributed by atoms with Crippen LogP contribution in [0.15, 0.2) is 30.6 Å². The molecule has 0 aliphatic carbocycles. The number of aromatic amines is 1. The molecular formula is C21H25N5O3S. The van der Waals surface area contributed by atoms with E-state index in [-0.39, 0.29) is 23.5 Å². The zero-order valence-corrected chi connectivity index (χ0v) is 17.7. The lowest BCUT2D eigenvalue weighted by Gasteiger charge is -2.35. The molecule has 8 nitrogen and oxygen atoms in total. The highest BCUT2D eigenvalue weighted by Gasteiger charge is 2.29. The summed E-state index contributed by atoms with van der Waals surface area (Å²) in [5.41, 5.74) is 3.56. The fourth-order valence-corrected chi connectivity index (χ4v) is 5.99. The minimum Gasteiger partial charge on any atom is -0.377 e. The molecule has 0 bridgehead atoms. The van der Waals surface area contributed by atoms with Crippen LogP contribution in [0.2, 0.25) is 0 Å². The van der Waals surface area contributed by atoms with Crippen molar-refractivity contribution in [2.24, 2.45) is 0 Å². The van der Waals surface area contributed by atoms with E-state index in [1.807, 2.05) is 12.1 Å². The van der Waals surface area contributed by atoms with Crippen molar-refractivity contribution in [3.8, 4) is 11.4 Å². The number of morpholine rings is 1. The average molecular weight is 428 g/mol. The number of sulfone groups is 1. The Hall–Kier alpha value is -2.52. The maximum atomic E-state index is 12.0. The van der Waals surface area contributed by atoms with Crippen LogP contribution in [0.5, 0.6) is 0 Å². The van der Waals surface area contributed by atoms with Crippen LogP contribution in [-0.4, -0.2) is 65.9 Å². The standard InChI is InChI=1S/C21H25N5O3S/c1-14-13-29-9-8-26(14)19-12-17(15-4-10-30(27,28)11-5-15)16-2-6-22-21(20(16)24-19)18-3-7-23-25-18/h2-3,6-7,12,14-15H,4-5,8-11,13H2,1H3,(H,23,25)/t14-/m1/s1. The number of hydrogen-bond donors (Lipinski definition) is 1. The van der Waals surface area contributed by atoms with E-state index in [1.54, 1.807) is 12.4 Å². The summed E-state index contributed by atoms with van der Waals surface area (Å²) < 4.78 is 29.6. The van der Waals surface area contributed by atoms with E-state index in [0.717, 1.165) is 40.2 Å². The smallest absolute Gasteiger partial charge is 0.150 e. The van der Waals surface area contributed by atoms with Gasteiger partial charge in [0.25, 0.3) is 0 Å². The Kier molecular flexibility index (Phi) is 4.94. The summed E-state index contributed by atoms with van der Waals surface area (Å²) in [6.07, 6.45) is 4.78. The second kappa shape index (κ2) is 7.63. The zero-order valence-electron chi connectivity index (χ0n) is 16.9. The summed E-state index contributed by atoms with van der Waals surface area (Å²) in [5, 5.41) is 8.10. The summed E-state index contributed by atoms with van der Waals surface area (Å²) in [6.45, 7) is 4.24. The third-order valence-electron chi connectivity index (χ3n) is 6.16. The first kappa shape index (κ1) is 19.4. The number of fused-ring (bicyclic) bond motifs is 1. The first-order valence-electron chi connectivity index (χ1n) is 10.4. The van der Waals surface area contributed by atoms with Crippen molar-refractivity contribution in [3.05, 3.63) is 36.2 Å². The second-order valence-corrected chi connectivity index (χ2v) is 10.4. The summed E-state index contributed by atoms with van der Waals surface area (Å²) >= 11 is 0. The van der Waals surface area contributed by atoms with Crippen LogP contribution >= 0.6 is 0 Å². The zero-order chi connectivity index (χ0) is 20.7. The fraction of sp³-hybridized carbons (Fsp3) is 0.476. The third kappa shape index (κ3) is 3.56. The lowest BCUT2D eigenvalue weighted by Crippen LogP contribution is -2.44. The fourth-order valence-electron chi connectivity index (χ4n) is 4.50. The number of hydrogen-bond acceptors (Lipinski definition) is 7. The number of nitrogens with zero attached hydrogens (tertiary/aromatic N) is 4. The van der Waals surface area contributed by atoms with E-state index in [4.69, 9.17) is 9.72 Å². The van der Waals surface area contributed by atoms with Gasteiger partial charge in [0.05, 0.1) is 36.5 Å². The number of rotatable bonds is 3. The minimum absolute atomic E-state index is 0.186. The highest BCUT2D eigenvalue weighted by Crippen LogP contribution is 2.38. The molecule has 0 radical (unpaired) electrons. The summed E-state index contributed by atoms with van der Waals surface area (Å²) in [4.78, 5) is 11.9. The molecule has 2 fully saturated rings. The van der Waals surface area contributed by atoms with Crippen molar-refractivity contribution in [2.75, 3.05) is 36.2 Å². The second-order valence-electron chi connectivity index (χ2n) is 8.14. The van der Waals surface area contributed by atoms with Gasteiger partial charge in [-0.3, -0.25) is 10.1 Å². The Labute approximate surface area is 175 Å². The van der Waals surface area contributed by atoms with Crippen LogP contribution in [0, 0.1) is 0 Å². The number of nitrogens with one attached hydrogen (secondary N) is 1. The maximum absolute atomic E-state index is 12.0. The number of anilines is 1. The van der Waals surface area contributed by atoms with Crippen molar-refractivity contribution in [1.82, 2.24) is 20.2 Å². The Morgan fingerprint density at radius 2 is 2.03 bits per heavy atom. The first-order chi connectivity index (χ1) is 14.5. The largest absolute Gasteiger partial charge is 0.377 e. The van der Waals surface area contributed by atoms with E-state index in [0.29, 0.717) is 26.1 Å². The van der Waals surface area contributed by atoms with Crippen LogP contribution in [-0.2, 0) is 14.6 Å². The molecule has 3 aromatic rings. The van der Waals surface area contributed by atoms with Gasteiger partial charge in [-0.25, -0.2) is 13.4 Å². The highest BCUT2D eigenvalue weighted by molar-refractivity contribution is 7.91. The molecule has 2 aliphatic rings. The topological polar surface area (TPSA) is 101 Å². The van der Waals surface area contributed by atoms with Crippen LogP contribution in [0.3, 0.4) is 0 Å². The molecule has 0 aromatic carbocycles. The molecule has 3 aromatic heterocycles. The van der Waals surface area contributed by atoms with Gasteiger partial charge in [0.1, 0.15) is 26.9 Å². The monoisotopic (exact) mass is 427 g/mol. The lowest BCUT2D eigenvalue weighted by molar-refractivity contribution is 0.0985. The van der Waals surface area contributed by atoms with Gasteiger partial charge in [-0.15, -0.1) is 0 Å². The molecular weight excluding hydrogens is 402 g/mol. The molecule has 1 N–H and O–H groups in total. The molecule has 158 valence electrons. The molecule has 0 unspecified atom stereocenters. The van der Waals surface area contributed by atoms with E-state index in [2.05, 4.69) is 33.1 Å². The predicted octanol–water partition coefficient (Wildman–Crippen LogP) is 2.54. The number of H-pyrrole nitrogens is 1. The average Bonchev–Trinajstić information content (AvgIpc) is 3.28. The Balaban J connectivity index is 1.68.